The third-order valence-electron chi connectivity index (χ3n) is 2.92. The molecule has 1 heterocycles. The maximum absolute atomic E-state index is 12.5. The lowest BCUT2D eigenvalue weighted by Crippen LogP contribution is -2.37. The van der Waals surface area contributed by atoms with Gasteiger partial charge in [0, 0.05) is 23.6 Å². The Kier molecular flexibility index (Phi) is 4.73. The fraction of sp³-hybridized carbons (Fsp3) is 0.909. The summed E-state index contributed by atoms with van der Waals surface area (Å²) in [5.41, 5.74) is 0. The van der Waals surface area contributed by atoms with Crippen LogP contribution in [0.15, 0.2) is 0 Å². The zero-order valence-corrected chi connectivity index (χ0v) is 10.9. The molecule has 0 saturated carbocycles. The molecule has 1 saturated heterocycles. The van der Waals surface area contributed by atoms with Gasteiger partial charge in [-0.05, 0) is 13.0 Å². The van der Waals surface area contributed by atoms with Crippen molar-refractivity contribution < 1.29 is 13.2 Å². The number of alkyl halides is 3. The molecule has 1 aliphatic heterocycles. The Balaban J connectivity index is 2.55. The van der Waals surface area contributed by atoms with Gasteiger partial charge in [-0.1, -0.05) is 13.8 Å². The topological polar surface area (TPSA) is 27.0 Å². The number of thioether (sulfide) groups is 1. The zero-order valence-electron chi connectivity index (χ0n) is 10.0. The van der Waals surface area contributed by atoms with Crippen molar-refractivity contribution in [1.29, 1.82) is 5.26 Å². The van der Waals surface area contributed by atoms with Crippen LogP contribution >= 0.6 is 11.8 Å². The minimum Gasteiger partial charge on any atom is -0.301 e. The molecule has 0 aromatic carbocycles. The maximum Gasteiger partial charge on any atom is 0.405 e. The van der Waals surface area contributed by atoms with Gasteiger partial charge in [0.15, 0.2) is 5.92 Å². The molecule has 1 fully saturated rings. The number of nitrogens with zero attached hydrogens (tertiary/aromatic N) is 2. The lowest BCUT2D eigenvalue weighted by molar-refractivity contribution is -0.163. The second kappa shape index (κ2) is 5.49. The Morgan fingerprint density at radius 1 is 1.41 bits per heavy atom. The van der Waals surface area contributed by atoms with E-state index in [0.29, 0.717) is 13.1 Å². The Labute approximate surface area is 104 Å². The van der Waals surface area contributed by atoms with E-state index in [0.717, 1.165) is 12.2 Å². The minimum absolute atomic E-state index is 0.120. The van der Waals surface area contributed by atoms with Crippen molar-refractivity contribution in [3.05, 3.63) is 0 Å². The van der Waals surface area contributed by atoms with Crippen molar-refractivity contribution in [1.82, 2.24) is 4.90 Å². The molecule has 0 bridgehead atoms. The van der Waals surface area contributed by atoms with E-state index in [2.05, 4.69) is 13.8 Å². The first-order chi connectivity index (χ1) is 7.74. The van der Waals surface area contributed by atoms with E-state index in [-0.39, 0.29) is 11.3 Å². The van der Waals surface area contributed by atoms with Crippen LogP contribution in [0.25, 0.3) is 0 Å². The Morgan fingerprint density at radius 2 is 2.06 bits per heavy atom. The van der Waals surface area contributed by atoms with E-state index in [9.17, 15) is 13.2 Å². The molecule has 0 N–H and O–H groups in total. The molecular weight excluding hydrogens is 249 g/mol. The number of halogens is 3. The van der Waals surface area contributed by atoms with Gasteiger partial charge in [0.1, 0.15) is 0 Å². The fourth-order valence-electron chi connectivity index (χ4n) is 1.72. The van der Waals surface area contributed by atoms with Crippen LogP contribution in [0.5, 0.6) is 0 Å². The van der Waals surface area contributed by atoms with E-state index >= 15 is 0 Å². The molecule has 98 valence electrons. The first kappa shape index (κ1) is 14.7. The molecule has 0 aromatic rings. The van der Waals surface area contributed by atoms with Crippen molar-refractivity contribution in [3.63, 3.8) is 0 Å². The fourth-order valence-corrected chi connectivity index (χ4v) is 2.86. The molecule has 0 aromatic heterocycles. The van der Waals surface area contributed by atoms with Gasteiger partial charge in [-0.25, -0.2) is 0 Å². The summed E-state index contributed by atoms with van der Waals surface area (Å²) in [6, 6.07) is 1.36. The number of rotatable bonds is 2. The number of hydrogen-bond donors (Lipinski definition) is 0. The van der Waals surface area contributed by atoms with Crippen LogP contribution in [0.1, 0.15) is 20.3 Å². The molecule has 1 rings (SSSR count). The van der Waals surface area contributed by atoms with Gasteiger partial charge in [-0.15, -0.1) is 0 Å². The first-order valence-corrected chi connectivity index (χ1v) is 6.56. The van der Waals surface area contributed by atoms with Crippen molar-refractivity contribution >= 4 is 11.8 Å². The van der Waals surface area contributed by atoms with Gasteiger partial charge in [0.05, 0.1) is 6.07 Å². The summed E-state index contributed by atoms with van der Waals surface area (Å²) >= 11 is 1.78. The second-order valence-electron chi connectivity index (χ2n) is 4.88. The van der Waals surface area contributed by atoms with Gasteiger partial charge in [-0.2, -0.15) is 30.2 Å². The molecule has 0 aliphatic carbocycles. The Bertz CT molecular complexity index is 296. The van der Waals surface area contributed by atoms with E-state index in [4.69, 9.17) is 5.26 Å². The molecule has 1 atom stereocenters. The van der Waals surface area contributed by atoms with Crippen molar-refractivity contribution in [2.24, 2.45) is 5.92 Å². The van der Waals surface area contributed by atoms with Gasteiger partial charge in [-0.3, -0.25) is 0 Å². The van der Waals surface area contributed by atoms with Crippen LogP contribution in [0.2, 0.25) is 0 Å². The van der Waals surface area contributed by atoms with Gasteiger partial charge in [0.2, 0.25) is 0 Å². The minimum atomic E-state index is -4.41. The smallest absolute Gasteiger partial charge is 0.301 e. The summed E-state index contributed by atoms with van der Waals surface area (Å²) in [6.07, 6.45) is -3.56. The zero-order chi connectivity index (χ0) is 13.1. The van der Waals surface area contributed by atoms with Gasteiger partial charge >= 0.3 is 6.18 Å². The molecule has 2 nitrogen and oxygen atoms in total. The first-order valence-electron chi connectivity index (χ1n) is 5.57. The third kappa shape index (κ3) is 4.76. The number of nitriles is 1. The summed E-state index contributed by atoms with van der Waals surface area (Å²) in [5, 5.41) is 8.56. The molecule has 0 radical (unpaired) electrons. The van der Waals surface area contributed by atoms with Gasteiger partial charge in [0.25, 0.3) is 0 Å². The standard InChI is InChI=1S/C11H17F3N2S/c1-10(2)3-4-16(5-6-17-10)8-9(7-15)11(12,13)14/h9H,3-6,8H2,1-2H3. The van der Waals surface area contributed by atoms with Crippen LogP contribution in [0, 0.1) is 17.2 Å². The number of hydrogen-bond acceptors (Lipinski definition) is 3. The molecule has 1 unspecified atom stereocenters. The highest BCUT2D eigenvalue weighted by Gasteiger charge is 2.41. The van der Waals surface area contributed by atoms with Crippen LogP contribution in [0.4, 0.5) is 13.2 Å². The average Bonchev–Trinajstić information content (AvgIpc) is 2.34. The SMILES string of the molecule is CC1(C)CCN(CC(C#N)C(F)(F)F)CCS1. The van der Waals surface area contributed by atoms with E-state index in [1.54, 1.807) is 16.7 Å². The van der Waals surface area contributed by atoms with E-state index < -0.39 is 12.1 Å². The van der Waals surface area contributed by atoms with E-state index in [1.807, 2.05) is 0 Å². The molecule has 0 amide bonds. The van der Waals surface area contributed by atoms with Crippen LogP contribution < -0.4 is 0 Å². The molecular formula is C11H17F3N2S. The van der Waals surface area contributed by atoms with Gasteiger partial charge < -0.3 is 4.90 Å². The Morgan fingerprint density at radius 3 is 2.59 bits per heavy atom. The second-order valence-corrected chi connectivity index (χ2v) is 6.68. The maximum atomic E-state index is 12.5. The lowest BCUT2D eigenvalue weighted by atomic mass is 10.1. The lowest BCUT2D eigenvalue weighted by Gasteiger charge is -2.24. The van der Waals surface area contributed by atoms with Crippen molar-refractivity contribution in [2.75, 3.05) is 25.4 Å². The Hall–Kier alpha value is -0.410. The third-order valence-corrected chi connectivity index (χ3v) is 4.29. The predicted molar refractivity (Wildman–Crippen MR) is 62.8 cm³/mol. The summed E-state index contributed by atoms with van der Waals surface area (Å²) in [6.45, 7) is 5.27. The van der Waals surface area contributed by atoms with Crippen LogP contribution in [-0.4, -0.2) is 41.2 Å². The molecule has 17 heavy (non-hydrogen) atoms. The van der Waals surface area contributed by atoms with Crippen molar-refractivity contribution in [3.8, 4) is 6.07 Å². The normalized spacial score (nSPS) is 23.8. The highest BCUT2D eigenvalue weighted by atomic mass is 32.2. The average molecular weight is 266 g/mol. The van der Waals surface area contributed by atoms with Crippen LogP contribution in [-0.2, 0) is 0 Å². The predicted octanol–water partition coefficient (Wildman–Crippen LogP) is 2.91. The summed E-state index contributed by atoms with van der Waals surface area (Å²) in [7, 11) is 0. The monoisotopic (exact) mass is 266 g/mol. The largest absolute Gasteiger partial charge is 0.405 e. The molecule has 1 aliphatic rings. The quantitative estimate of drug-likeness (QED) is 0.769. The molecule has 0 spiro atoms. The molecule has 6 heteroatoms. The van der Waals surface area contributed by atoms with E-state index in [1.165, 1.54) is 6.07 Å². The summed E-state index contributed by atoms with van der Waals surface area (Å²) < 4.78 is 37.5. The highest BCUT2D eigenvalue weighted by Crippen LogP contribution is 2.32. The van der Waals surface area contributed by atoms with Crippen LogP contribution in [0.3, 0.4) is 0 Å². The summed E-state index contributed by atoms with van der Waals surface area (Å²) in [4.78, 5) is 1.75. The highest BCUT2D eigenvalue weighted by molar-refractivity contribution is 8.00. The van der Waals surface area contributed by atoms with Crippen molar-refractivity contribution in [2.45, 2.75) is 31.2 Å². The summed E-state index contributed by atoms with van der Waals surface area (Å²) in [5.74, 6) is -1.04.